The molecule has 124 valence electrons. The summed E-state index contributed by atoms with van der Waals surface area (Å²) in [7, 11) is 0. The normalized spacial score (nSPS) is 32.0. The van der Waals surface area contributed by atoms with Gasteiger partial charge < -0.3 is 15.4 Å². The van der Waals surface area contributed by atoms with Crippen molar-refractivity contribution in [2.24, 2.45) is 11.7 Å². The van der Waals surface area contributed by atoms with Crippen LogP contribution in [0.1, 0.15) is 47.5 Å². The van der Waals surface area contributed by atoms with Crippen molar-refractivity contribution in [1.29, 1.82) is 0 Å². The monoisotopic (exact) mass is 297 g/mol. The van der Waals surface area contributed by atoms with Gasteiger partial charge in [-0.2, -0.15) is 0 Å². The molecule has 2 fully saturated rings. The lowest BCUT2D eigenvalue weighted by Crippen LogP contribution is -2.48. The average Bonchev–Trinajstić information content (AvgIpc) is 2.55. The van der Waals surface area contributed by atoms with Crippen molar-refractivity contribution in [2.75, 3.05) is 39.3 Å². The molecule has 2 unspecified atom stereocenters. The maximum Gasteiger partial charge on any atom is 0.0789 e. The van der Waals surface area contributed by atoms with Gasteiger partial charge in [0.05, 0.1) is 11.2 Å². The van der Waals surface area contributed by atoms with E-state index in [0.29, 0.717) is 12.0 Å². The van der Waals surface area contributed by atoms with Gasteiger partial charge in [-0.05, 0) is 66.1 Å². The van der Waals surface area contributed by atoms with Crippen LogP contribution in [0, 0.1) is 5.92 Å². The first-order chi connectivity index (χ1) is 9.73. The third-order valence-corrected chi connectivity index (χ3v) is 5.06. The summed E-state index contributed by atoms with van der Waals surface area (Å²) in [4.78, 5) is 5.26. The Hall–Kier alpha value is -0.160. The van der Waals surface area contributed by atoms with E-state index in [1.54, 1.807) is 0 Å². The van der Waals surface area contributed by atoms with Crippen molar-refractivity contribution >= 4 is 0 Å². The summed E-state index contributed by atoms with van der Waals surface area (Å²) in [5.74, 6) is 0.599. The van der Waals surface area contributed by atoms with Crippen LogP contribution >= 0.6 is 0 Å². The maximum atomic E-state index is 6.28. The fourth-order valence-electron chi connectivity index (χ4n) is 4.10. The first-order valence-electron chi connectivity index (χ1n) is 8.60. The maximum absolute atomic E-state index is 6.28. The topological polar surface area (TPSA) is 41.7 Å². The summed E-state index contributed by atoms with van der Waals surface area (Å²) < 4.78 is 6.28. The Bertz CT molecular complexity index is 343. The molecule has 0 amide bonds. The van der Waals surface area contributed by atoms with Crippen LogP contribution < -0.4 is 5.73 Å². The molecule has 0 bridgehead atoms. The van der Waals surface area contributed by atoms with Gasteiger partial charge in [-0.1, -0.05) is 6.92 Å². The number of ether oxygens (including phenoxy) is 1. The van der Waals surface area contributed by atoms with Crippen molar-refractivity contribution in [2.45, 2.75) is 64.7 Å². The highest BCUT2D eigenvalue weighted by molar-refractivity contribution is 5.00. The quantitative estimate of drug-likeness (QED) is 0.861. The van der Waals surface area contributed by atoms with Gasteiger partial charge in [-0.25, -0.2) is 0 Å². The van der Waals surface area contributed by atoms with Crippen LogP contribution in [0.4, 0.5) is 0 Å². The van der Waals surface area contributed by atoms with E-state index in [-0.39, 0.29) is 11.2 Å². The lowest BCUT2D eigenvalue weighted by molar-refractivity contribution is -0.0802. The molecule has 2 aliphatic rings. The molecule has 2 aliphatic heterocycles. The Kier molecular flexibility index (Phi) is 5.35. The van der Waals surface area contributed by atoms with Crippen LogP contribution in [0.3, 0.4) is 0 Å². The van der Waals surface area contributed by atoms with Gasteiger partial charge in [0.15, 0.2) is 0 Å². The minimum atomic E-state index is -0.0385. The van der Waals surface area contributed by atoms with Gasteiger partial charge >= 0.3 is 0 Å². The van der Waals surface area contributed by atoms with Gasteiger partial charge in [0, 0.05) is 25.7 Å². The van der Waals surface area contributed by atoms with Crippen LogP contribution in [-0.4, -0.2) is 66.3 Å². The minimum absolute atomic E-state index is 0.00816. The SMILES string of the molecule is CC(CN)CN1CCCN(C2CC(C)(C)OC2(C)C)CC1. The molecular weight excluding hydrogens is 262 g/mol. The molecule has 0 spiro atoms. The van der Waals surface area contributed by atoms with E-state index in [4.69, 9.17) is 10.5 Å². The molecule has 0 aromatic carbocycles. The summed E-state index contributed by atoms with van der Waals surface area (Å²) in [5, 5.41) is 0. The molecule has 4 nitrogen and oxygen atoms in total. The molecule has 2 saturated heterocycles. The summed E-state index contributed by atoms with van der Waals surface area (Å²) in [6.07, 6.45) is 2.39. The van der Waals surface area contributed by atoms with Gasteiger partial charge in [-0.3, -0.25) is 4.90 Å². The van der Waals surface area contributed by atoms with Crippen LogP contribution in [0.5, 0.6) is 0 Å². The van der Waals surface area contributed by atoms with E-state index in [0.717, 1.165) is 32.6 Å². The molecule has 21 heavy (non-hydrogen) atoms. The van der Waals surface area contributed by atoms with Gasteiger partial charge in [0.2, 0.25) is 0 Å². The number of nitrogens with zero attached hydrogens (tertiary/aromatic N) is 2. The Morgan fingerprint density at radius 1 is 1.14 bits per heavy atom. The molecule has 2 atom stereocenters. The third-order valence-electron chi connectivity index (χ3n) is 5.06. The Labute approximate surface area is 131 Å². The van der Waals surface area contributed by atoms with E-state index in [9.17, 15) is 0 Å². The first-order valence-corrected chi connectivity index (χ1v) is 8.60. The van der Waals surface area contributed by atoms with Crippen LogP contribution in [0.2, 0.25) is 0 Å². The molecule has 0 aliphatic carbocycles. The predicted octanol–water partition coefficient (Wildman–Crippen LogP) is 1.94. The summed E-state index contributed by atoms with van der Waals surface area (Å²) in [6.45, 7) is 17.9. The van der Waals surface area contributed by atoms with E-state index >= 15 is 0 Å². The largest absolute Gasteiger partial charge is 0.368 e. The second kappa shape index (κ2) is 6.53. The van der Waals surface area contributed by atoms with Crippen molar-refractivity contribution in [3.05, 3.63) is 0 Å². The van der Waals surface area contributed by atoms with Crippen LogP contribution in [-0.2, 0) is 4.74 Å². The van der Waals surface area contributed by atoms with E-state index in [2.05, 4.69) is 44.4 Å². The Balaban J connectivity index is 1.94. The average molecular weight is 297 g/mol. The number of nitrogens with two attached hydrogens (primary N) is 1. The van der Waals surface area contributed by atoms with E-state index < -0.39 is 0 Å². The summed E-state index contributed by atoms with van der Waals surface area (Å²) >= 11 is 0. The first kappa shape index (κ1) is 17.2. The second-order valence-corrected chi connectivity index (χ2v) is 8.22. The zero-order chi connectivity index (χ0) is 15.7. The molecule has 2 N–H and O–H groups in total. The lowest BCUT2D eigenvalue weighted by atomic mass is 9.93. The lowest BCUT2D eigenvalue weighted by Gasteiger charge is -2.35. The highest BCUT2D eigenvalue weighted by atomic mass is 16.5. The van der Waals surface area contributed by atoms with Crippen molar-refractivity contribution in [3.8, 4) is 0 Å². The molecular formula is C17H35N3O. The predicted molar refractivity (Wildman–Crippen MR) is 88.5 cm³/mol. The van der Waals surface area contributed by atoms with E-state index in [1.807, 2.05) is 0 Å². The number of hydrogen-bond acceptors (Lipinski definition) is 4. The zero-order valence-electron chi connectivity index (χ0n) is 14.7. The molecule has 0 aromatic rings. The smallest absolute Gasteiger partial charge is 0.0789 e. The van der Waals surface area contributed by atoms with Gasteiger partial charge in [-0.15, -0.1) is 0 Å². The van der Waals surface area contributed by atoms with Crippen molar-refractivity contribution in [3.63, 3.8) is 0 Å². The van der Waals surface area contributed by atoms with Crippen LogP contribution in [0.15, 0.2) is 0 Å². The van der Waals surface area contributed by atoms with Crippen molar-refractivity contribution in [1.82, 2.24) is 9.80 Å². The number of rotatable bonds is 4. The summed E-state index contributed by atoms with van der Waals surface area (Å²) in [6, 6.07) is 0.541. The standard InChI is InChI=1S/C17H35N3O/c1-14(12-18)13-19-7-6-8-20(10-9-19)15-11-16(2,3)21-17(15,4)5/h14-15H,6-13,18H2,1-5H3. The minimum Gasteiger partial charge on any atom is -0.368 e. The number of hydrogen-bond donors (Lipinski definition) is 1. The second-order valence-electron chi connectivity index (χ2n) is 8.22. The highest BCUT2D eigenvalue weighted by Gasteiger charge is 2.48. The van der Waals surface area contributed by atoms with Gasteiger partial charge in [0.25, 0.3) is 0 Å². The van der Waals surface area contributed by atoms with E-state index in [1.165, 1.54) is 19.5 Å². The molecule has 2 heterocycles. The van der Waals surface area contributed by atoms with Crippen LogP contribution in [0.25, 0.3) is 0 Å². The van der Waals surface area contributed by atoms with Crippen molar-refractivity contribution < 1.29 is 4.74 Å². The Morgan fingerprint density at radius 3 is 2.43 bits per heavy atom. The third kappa shape index (κ3) is 4.41. The van der Waals surface area contributed by atoms with Gasteiger partial charge in [0.1, 0.15) is 0 Å². The zero-order valence-corrected chi connectivity index (χ0v) is 14.7. The summed E-state index contributed by atoms with van der Waals surface area (Å²) in [5.41, 5.74) is 5.74. The molecule has 0 radical (unpaired) electrons. The fraction of sp³-hybridized carbons (Fsp3) is 1.00. The molecule has 0 saturated carbocycles. The Morgan fingerprint density at radius 2 is 1.86 bits per heavy atom. The molecule has 2 rings (SSSR count). The fourth-order valence-corrected chi connectivity index (χ4v) is 4.10. The molecule has 0 aromatic heterocycles. The highest BCUT2D eigenvalue weighted by Crippen LogP contribution is 2.40. The molecule has 4 heteroatoms.